The van der Waals surface area contributed by atoms with Crippen LogP contribution in [0.2, 0.25) is 0 Å². The molecule has 18 heavy (non-hydrogen) atoms. The van der Waals surface area contributed by atoms with Crippen LogP contribution in [0.1, 0.15) is 43.2 Å². The number of piperidine rings is 1. The fourth-order valence-electron chi connectivity index (χ4n) is 4.34. The molecule has 1 aromatic carbocycles. The first-order valence-electron chi connectivity index (χ1n) is 7.37. The van der Waals surface area contributed by atoms with Crippen LogP contribution in [0, 0.1) is 0 Å². The van der Waals surface area contributed by atoms with Crippen molar-refractivity contribution >= 4 is 5.57 Å². The van der Waals surface area contributed by atoms with Crippen LogP contribution in [0.5, 0.6) is 0 Å². The van der Waals surface area contributed by atoms with Crippen LogP contribution in [0.25, 0.3) is 5.57 Å². The van der Waals surface area contributed by atoms with Crippen LogP contribution in [-0.2, 0) is 6.42 Å². The average molecular weight is 239 g/mol. The van der Waals surface area contributed by atoms with Crippen molar-refractivity contribution in [3.8, 4) is 0 Å². The normalized spacial score (nSPS) is 30.9. The second-order valence-electron chi connectivity index (χ2n) is 6.13. The SMILES string of the molecule is CN1C2CCCC1C1=C(C2)c2ccccc2CC1. The van der Waals surface area contributed by atoms with E-state index in [-0.39, 0.29) is 0 Å². The first-order chi connectivity index (χ1) is 8.84. The van der Waals surface area contributed by atoms with Crippen LogP contribution in [0.15, 0.2) is 29.8 Å². The number of nitrogens with zero attached hydrogens (tertiary/aromatic N) is 1. The number of rotatable bonds is 0. The van der Waals surface area contributed by atoms with Gasteiger partial charge in [-0.15, -0.1) is 0 Å². The minimum absolute atomic E-state index is 0.751. The predicted octanol–water partition coefficient (Wildman–Crippen LogP) is 3.64. The van der Waals surface area contributed by atoms with Crippen molar-refractivity contribution in [1.29, 1.82) is 0 Å². The summed E-state index contributed by atoms with van der Waals surface area (Å²) in [4.78, 5) is 2.66. The van der Waals surface area contributed by atoms with Crippen LogP contribution in [0.3, 0.4) is 0 Å². The number of hydrogen-bond donors (Lipinski definition) is 0. The lowest BCUT2D eigenvalue weighted by Gasteiger charge is -2.47. The van der Waals surface area contributed by atoms with E-state index in [9.17, 15) is 0 Å². The van der Waals surface area contributed by atoms with Gasteiger partial charge in [0.15, 0.2) is 0 Å². The topological polar surface area (TPSA) is 3.24 Å². The highest BCUT2D eigenvalue weighted by atomic mass is 15.2. The summed E-state index contributed by atoms with van der Waals surface area (Å²) in [6.07, 6.45) is 8.05. The molecule has 0 aromatic heterocycles. The summed E-state index contributed by atoms with van der Waals surface area (Å²) in [7, 11) is 2.35. The molecule has 94 valence electrons. The standard InChI is InChI=1S/C17H21N/c1-18-13-6-4-8-17(18)15-10-9-12-5-2-3-7-14(12)16(15)11-13/h2-3,5,7,13,17H,4,6,8-11H2,1H3. The van der Waals surface area contributed by atoms with Crippen LogP contribution in [-0.4, -0.2) is 24.0 Å². The third-order valence-electron chi connectivity index (χ3n) is 5.32. The maximum absolute atomic E-state index is 2.66. The quantitative estimate of drug-likeness (QED) is 0.668. The van der Waals surface area contributed by atoms with Gasteiger partial charge in [0.25, 0.3) is 0 Å². The molecular weight excluding hydrogens is 218 g/mol. The molecular formula is C17H21N. The zero-order chi connectivity index (χ0) is 12.1. The van der Waals surface area contributed by atoms with Gasteiger partial charge in [0.1, 0.15) is 0 Å². The Kier molecular flexibility index (Phi) is 2.38. The zero-order valence-electron chi connectivity index (χ0n) is 11.2. The van der Waals surface area contributed by atoms with E-state index in [1.165, 1.54) is 38.5 Å². The third-order valence-corrected chi connectivity index (χ3v) is 5.32. The fraction of sp³-hybridized carbons (Fsp3) is 0.529. The molecule has 1 fully saturated rings. The van der Waals surface area contributed by atoms with E-state index in [0.29, 0.717) is 0 Å². The molecule has 4 rings (SSSR count). The summed E-state index contributed by atoms with van der Waals surface area (Å²) < 4.78 is 0. The molecule has 0 amide bonds. The van der Waals surface area contributed by atoms with E-state index in [2.05, 4.69) is 36.2 Å². The molecule has 2 atom stereocenters. The Labute approximate surface area is 109 Å². The largest absolute Gasteiger partial charge is 0.296 e. The van der Waals surface area contributed by atoms with Crippen LogP contribution < -0.4 is 0 Å². The highest BCUT2D eigenvalue weighted by Gasteiger charge is 2.38. The second-order valence-corrected chi connectivity index (χ2v) is 6.13. The Morgan fingerprint density at radius 3 is 2.94 bits per heavy atom. The van der Waals surface area contributed by atoms with Crippen molar-refractivity contribution in [3.63, 3.8) is 0 Å². The Balaban J connectivity index is 1.86. The summed E-state index contributed by atoms with van der Waals surface area (Å²) in [6, 6.07) is 10.6. The number of aryl methyl sites for hydroxylation is 1. The van der Waals surface area contributed by atoms with Crippen LogP contribution >= 0.6 is 0 Å². The summed E-state index contributed by atoms with van der Waals surface area (Å²) in [6.45, 7) is 0. The summed E-state index contributed by atoms with van der Waals surface area (Å²) in [5.74, 6) is 0. The number of benzene rings is 1. The van der Waals surface area contributed by atoms with Crippen LogP contribution in [0.4, 0.5) is 0 Å². The highest BCUT2D eigenvalue weighted by Crippen LogP contribution is 2.45. The Morgan fingerprint density at radius 1 is 1.11 bits per heavy atom. The average Bonchev–Trinajstić information content (AvgIpc) is 2.39. The molecule has 2 unspecified atom stereocenters. The van der Waals surface area contributed by atoms with Crippen molar-refractivity contribution in [1.82, 2.24) is 4.90 Å². The summed E-state index contributed by atoms with van der Waals surface area (Å²) >= 11 is 0. The van der Waals surface area contributed by atoms with Gasteiger partial charge >= 0.3 is 0 Å². The monoisotopic (exact) mass is 239 g/mol. The lowest BCUT2D eigenvalue weighted by Crippen LogP contribution is -2.48. The van der Waals surface area contributed by atoms with E-state index >= 15 is 0 Å². The van der Waals surface area contributed by atoms with Gasteiger partial charge in [-0.3, -0.25) is 4.90 Å². The van der Waals surface area contributed by atoms with Gasteiger partial charge in [-0.25, -0.2) is 0 Å². The Morgan fingerprint density at radius 2 is 2.00 bits per heavy atom. The molecule has 1 nitrogen and oxygen atoms in total. The lowest BCUT2D eigenvalue weighted by molar-refractivity contribution is 0.126. The number of fused-ring (bicyclic) bond motifs is 5. The Bertz CT molecular complexity index is 514. The number of likely N-dealkylation sites (N-methyl/N-ethyl adjacent to an activating group) is 1. The minimum Gasteiger partial charge on any atom is -0.296 e. The molecule has 3 aliphatic rings. The highest BCUT2D eigenvalue weighted by molar-refractivity contribution is 5.75. The molecule has 1 saturated heterocycles. The maximum atomic E-state index is 2.66. The predicted molar refractivity (Wildman–Crippen MR) is 75.5 cm³/mol. The number of hydrogen-bond acceptors (Lipinski definition) is 1. The van der Waals surface area contributed by atoms with E-state index in [1.54, 1.807) is 22.3 Å². The van der Waals surface area contributed by atoms with E-state index < -0.39 is 0 Å². The van der Waals surface area contributed by atoms with Gasteiger partial charge in [0.2, 0.25) is 0 Å². The maximum Gasteiger partial charge on any atom is 0.0313 e. The van der Waals surface area contributed by atoms with Gasteiger partial charge in [-0.05, 0) is 67.8 Å². The summed E-state index contributed by atoms with van der Waals surface area (Å²) in [5.41, 5.74) is 6.64. The first kappa shape index (κ1) is 10.8. The smallest absolute Gasteiger partial charge is 0.0313 e. The van der Waals surface area contributed by atoms with Gasteiger partial charge in [0, 0.05) is 12.1 Å². The molecule has 2 bridgehead atoms. The van der Waals surface area contributed by atoms with E-state index in [4.69, 9.17) is 0 Å². The lowest BCUT2D eigenvalue weighted by atomic mass is 9.73. The van der Waals surface area contributed by atoms with Gasteiger partial charge in [-0.2, -0.15) is 0 Å². The molecule has 1 aliphatic carbocycles. The molecule has 0 saturated carbocycles. The first-order valence-corrected chi connectivity index (χ1v) is 7.37. The molecule has 0 spiro atoms. The van der Waals surface area contributed by atoms with Crippen molar-refractivity contribution in [2.45, 2.75) is 50.6 Å². The molecule has 1 aromatic rings. The molecule has 1 heteroatoms. The van der Waals surface area contributed by atoms with Crippen molar-refractivity contribution < 1.29 is 0 Å². The van der Waals surface area contributed by atoms with Crippen molar-refractivity contribution in [2.24, 2.45) is 0 Å². The van der Waals surface area contributed by atoms with E-state index in [1.807, 2.05) is 0 Å². The van der Waals surface area contributed by atoms with Gasteiger partial charge in [0.05, 0.1) is 0 Å². The minimum atomic E-state index is 0.751. The molecule has 0 N–H and O–H groups in total. The molecule has 2 heterocycles. The van der Waals surface area contributed by atoms with Gasteiger partial charge < -0.3 is 0 Å². The molecule has 0 radical (unpaired) electrons. The second kappa shape index (κ2) is 3.96. The van der Waals surface area contributed by atoms with E-state index in [0.717, 1.165) is 12.1 Å². The molecule has 2 aliphatic heterocycles. The third kappa shape index (κ3) is 1.43. The van der Waals surface area contributed by atoms with Crippen molar-refractivity contribution in [2.75, 3.05) is 7.05 Å². The van der Waals surface area contributed by atoms with Gasteiger partial charge in [-0.1, -0.05) is 24.3 Å². The fourth-order valence-corrected chi connectivity index (χ4v) is 4.34. The Hall–Kier alpha value is -1.08. The summed E-state index contributed by atoms with van der Waals surface area (Å²) in [5, 5.41) is 0. The van der Waals surface area contributed by atoms with Crippen molar-refractivity contribution in [3.05, 3.63) is 41.0 Å². The zero-order valence-corrected chi connectivity index (χ0v) is 11.2.